The van der Waals surface area contributed by atoms with Crippen molar-refractivity contribution in [3.63, 3.8) is 0 Å². The summed E-state index contributed by atoms with van der Waals surface area (Å²) in [6.45, 7) is 17.6. The highest BCUT2D eigenvalue weighted by atomic mass is 16.2. The summed E-state index contributed by atoms with van der Waals surface area (Å²) in [5.74, 6) is -3.92. The maximum Gasteiger partial charge on any atom is 0.272 e. The van der Waals surface area contributed by atoms with Gasteiger partial charge in [0, 0.05) is 38.3 Å². The van der Waals surface area contributed by atoms with Gasteiger partial charge in [0.05, 0.1) is 24.2 Å². The Hall–Kier alpha value is -6.41. The van der Waals surface area contributed by atoms with E-state index in [1.54, 1.807) is 27.9 Å². The molecule has 2 aromatic rings. The number of likely N-dealkylation sites (tertiary alicyclic amines) is 2. The SMILES string of the molecule is C/C=C\C(=C/C)[C@@H](C)NC(=O)[C@@H]1CC(NC(=O)c2cc(C(=O)N[C@H]3C[C@@H](C(=O)NC(C)c4ccccc4)N(C(=O)C(NC(=O)[C@H](C)NC)C(C)(C)C)C3)n(C)n2)CN1C(=O)[C@H](C)NC(=O)[C@H](C)NC. The molecule has 0 saturated carbocycles. The second kappa shape index (κ2) is 24.2. The lowest BCUT2D eigenvalue weighted by Gasteiger charge is -2.36. The number of rotatable bonds is 19. The molecule has 2 aliphatic heterocycles. The van der Waals surface area contributed by atoms with Crippen molar-refractivity contribution in [3.05, 3.63) is 77.2 Å². The Morgan fingerprint density at radius 3 is 1.72 bits per heavy atom. The molecule has 0 bridgehead atoms. The largest absolute Gasteiger partial charge is 0.348 e. The van der Waals surface area contributed by atoms with Crippen molar-refractivity contribution in [1.82, 2.24) is 62.1 Å². The number of hydrogen-bond donors (Lipinski definition) is 8. The van der Waals surface area contributed by atoms with Crippen LogP contribution in [0.5, 0.6) is 0 Å². The molecule has 8 N–H and O–H groups in total. The van der Waals surface area contributed by atoms with E-state index in [0.717, 1.165) is 11.1 Å². The van der Waals surface area contributed by atoms with Gasteiger partial charge >= 0.3 is 0 Å². The monoisotopic (exact) mass is 959 g/mol. The van der Waals surface area contributed by atoms with Crippen molar-refractivity contribution in [3.8, 4) is 0 Å². The summed E-state index contributed by atoms with van der Waals surface area (Å²) in [6, 6.07) is 3.28. The van der Waals surface area contributed by atoms with Gasteiger partial charge in [0.15, 0.2) is 5.69 Å². The van der Waals surface area contributed by atoms with Crippen LogP contribution in [-0.4, -0.2) is 148 Å². The van der Waals surface area contributed by atoms with Gasteiger partial charge in [-0.15, -0.1) is 0 Å². The third-order valence-corrected chi connectivity index (χ3v) is 12.8. The minimum absolute atomic E-state index is 0.0141. The third-order valence-electron chi connectivity index (χ3n) is 12.8. The number of nitrogens with one attached hydrogen (secondary N) is 8. The van der Waals surface area contributed by atoms with Crippen molar-refractivity contribution in [2.75, 3.05) is 27.2 Å². The molecule has 0 radical (unpaired) electrons. The maximum absolute atomic E-state index is 14.5. The minimum Gasteiger partial charge on any atom is -0.348 e. The first-order chi connectivity index (χ1) is 32.4. The van der Waals surface area contributed by atoms with Crippen LogP contribution in [-0.2, 0) is 35.8 Å². The molecule has 1 aromatic carbocycles. The van der Waals surface area contributed by atoms with Crippen LogP contribution in [0.3, 0.4) is 0 Å². The Morgan fingerprint density at radius 1 is 0.681 bits per heavy atom. The lowest BCUT2D eigenvalue weighted by Crippen LogP contribution is -2.59. The molecule has 378 valence electrons. The topological polar surface area (TPSA) is 257 Å². The fourth-order valence-corrected chi connectivity index (χ4v) is 8.38. The zero-order valence-corrected chi connectivity index (χ0v) is 42.4. The number of aryl methyl sites for hydroxylation is 1. The van der Waals surface area contributed by atoms with Crippen LogP contribution in [0.4, 0.5) is 0 Å². The van der Waals surface area contributed by atoms with Crippen LogP contribution in [0.15, 0.2) is 60.2 Å². The van der Waals surface area contributed by atoms with Crippen molar-refractivity contribution < 1.29 is 38.4 Å². The highest BCUT2D eigenvalue weighted by Crippen LogP contribution is 2.28. The molecular weight excluding hydrogens is 885 g/mol. The summed E-state index contributed by atoms with van der Waals surface area (Å²) in [6.07, 6.45) is 5.72. The molecule has 8 amide bonds. The van der Waals surface area contributed by atoms with Crippen molar-refractivity contribution in [2.45, 2.75) is 142 Å². The Morgan fingerprint density at radius 2 is 1.20 bits per heavy atom. The summed E-state index contributed by atoms with van der Waals surface area (Å²) in [7, 11) is 4.75. The number of carbonyl (C=O) groups is 8. The summed E-state index contributed by atoms with van der Waals surface area (Å²) in [5, 5.41) is 27.4. The predicted molar refractivity (Wildman–Crippen MR) is 261 cm³/mol. The summed E-state index contributed by atoms with van der Waals surface area (Å²) >= 11 is 0. The molecule has 2 fully saturated rings. The zero-order valence-electron chi connectivity index (χ0n) is 42.4. The Bertz CT molecular complexity index is 2250. The molecule has 3 unspecified atom stereocenters. The second-order valence-corrected chi connectivity index (χ2v) is 19.1. The van der Waals surface area contributed by atoms with E-state index in [4.69, 9.17) is 0 Å². The Balaban J connectivity index is 1.54. The number of aromatic nitrogens is 2. The molecule has 10 atom stereocenters. The van der Waals surface area contributed by atoms with Gasteiger partial charge in [-0.25, -0.2) is 0 Å². The van der Waals surface area contributed by atoms with Gasteiger partial charge < -0.3 is 52.3 Å². The lowest BCUT2D eigenvalue weighted by atomic mass is 9.85. The normalized spacial score (nSPS) is 21.1. The number of hydrogen-bond acceptors (Lipinski definition) is 11. The molecule has 0 spiro atoms. The Kier molecular flexibility index (Phi) is 19.4. The van der Waals surface area contributed by atoms with Crippen LogP contribution < -0.4 is 42.5 Å². The van der Waals surface area contributed by atoms with Gasteiger partial charge in [-0.05, 0) is 92.0 Å². The van der Waals surface area contributed by atoms with Crippen LogP contribution >= 0.6 is 0 Å². The van der Waals surface area contributed by atoms with Crippen LogP contribution in [0.2, 0.25) is 0 Å². The van der Waals surface area contributed by atoms with Gasteiger partial charge in [0.2, 0.25) is 35.4 Å². The molecule has 3 heterocycles. The van der Waals surface area contributed by atoms with Crippen LogP contribution in [0, 0.1) is 5.41 Å². The standard InChI is InChI=1S/C49H74N12O8/c1-14-19-32(15-2)27(3)52-45(66)38-22-34(25-60(38)47(68)31(7)54-41(62)29(5)50-11)55-43(64)36-24-37(59(13)58-36)44(65)56-35-23-39(46(67)53-28(4)33-20-17-16-18-21-33)61(26-35)48(69)40(49(8,9)10)57-42(63)30(6)51-12/h14-21,24,27-31,34-35,38-40,50-51H,22-23,25-26H2,1-13H3,(H,52,66)(H,53,67)(H,54,62)(H,55,64)(H,56,65)(H,57,63)/b19-14-,32-15+/t27-,28?,29+,30+,31+,34?,35+,38+,39+,40?/m1/s1. The fraction of sp³-hybridized carbons (Fsp3) is 0.571. The van der Waals surface area contributed by atoms with Crippen LogP contribution in [0.25, 0.3) is 0 Å². The van der Waals surface area contributed by atoms with E-state index in [1.807, 2.05) is 97.0 Å². The molecule has 20 heteroatoms. The number of allylic oxidation sites excluding steroid dienone is 2. The molecule has 69 heavy (non-hydrogen) atoms. The average Bonchev–Trinajstić information content (AvgIpc) is 4.05. The number of benzene rings is 1. The number of amides is 8. The van der Waals surface area contributed by atoms with Gasteiger partial charge in [-0.3, -0.25) is 43.0 Å². The first-order valence-corrected chi connectivity index (χ1v) is 23.6. The van der Waals surface area contributed by atoms with E-state index >= 15 is 0 Å². The molecule has 2 saturated heterocycles. The average molecular weight is 959 g/mol. The van der Waals surface area contributed by atoms with Gasteiger partial charge in [-0.1, -0.05) is 69.3 Å². The number of likely N-dealkylation sites (N-methyl/N-ethyl adjacent to an activating group) is 2. The Labute approximate surface area is 406 Å². The molecule has 1 aromatic heterocycles. The summed E-state index contributed by atoms with van der Waals surface area (Å²) in [4.78, 5) is 113. The fourth-order valence-electron chi connectivity index (χ4n) is 8.38. The van der Waals surface area contributed by atoms with Crippen molar-refractivity contribution in [2.24, 2.45) is 12.5 Å². The minimum atomic E-state index is -1.01. The van der Waals surface area contributed by atoms with Crippen LogP contribution in [0.1, 0.15) is 115 Å². The first kappa shape index (κ1) is 55.2. The van der Waals surface area contributed by atoms with E-state index in [9.17, 15) is 38.4 Å². The van der Waals surface area contributed by atoms with Crippen molar-refractivity contribution in [1.29, 1.82) is 0 Å². The molecule has 4 rings (SSSR count). The zero-order chi connectivity index (χ0) is 51.5. The van der Waals surface area contributed by atoms with E-state index in [-0.39, 0.29) is 37.3 Å². The van der Waals surface area contributed by atoms with Gasteiger partial charge in [0.1, 0.15) is 29.9 Å². The molecule has 2 aliphatic rings. The van der Waals surface area contributed by atoms with E-state index in [0.29, 0.717) is 0 Å². The molecule has 20 nitrogen and oxygen atoms in total. The number of carbonyl (C=O) groups excluding carboxylic acids is 8. The van der Waals surface area contributed by atoms with Gasteiger partial charge in [-0.2, -0.15) is 5.10 Å². The second-order valence-electron chi connectivity index (χ2n) is 19.1. The maximum atomic E-state index is 14.5. The summed E-state index contributed by atoms with van der Waals surface area (Å²) < 4.78 is 1.24. The smallest absolute Gasteiger partial charge is 0.272 e. The third kappa shape index (κ3) is 14.1. The quantitative estimate of drug-likeness (QED) is 0.0922. The highest BCUT2D eigenvalue weighted by Gasteiger charge is 2.46. The van der Waals surface area contributed by atoms with E-state index < -0.39 is 113 Å². The lowest BCUT2D eigenvalue weighted by molar-refractivity contribution is -0.144. The summed E-state index contributed by atoms with van der Waals surface area (Å²) in [5.41, 5.74) is 0.863. The van der Waals surface area contributed by atoms with E-state index in [2.05, 4.69) is 47.6 Å². The van der Waals surface area contributed by atoms with Gasteiger partial charge in [0.25, 0.3) is 11.8 Å². The first-order valence-electron chi connectivity index (χ1n) is 23.6. The number of nitrogens with zero attached hydrogens (tertiary/aromatic N) is 4. The van der Waals surface area contributed by atoms with E-state index in [1.165, 1.54) is 34.5 Å². The van der Waals surface area contributed by atoms with Crippen molar-refractivity contribution >= 4 is 47.3 Å². The highest BCUT2D eigenvalue weighted by molar-refractivity contribution is 5.99. The molecular formula is C49H74N12O8. The predicted octanol–water partition coefficient (Wildman–Crippen LogP) is 0.975. The molecule has 0 aliphatic carbocycles.